The van der Waals surface area contributed by atoms with E-state index in [9.17, 15) is 0 Å². The van der Waals surface area contributed by atoms with Crippen LogP contribution in [0, 0.1) is 0 Å². The van der Waals surface area contributed by atoms with E-state index in [1.54, 1.807) is 0 Å². The number of phenolic OH excluding ortho intramolecular Hbond substituents is 1. The van der Waals surface area contributed by atoms with Crippen molar-refractivity contribution in [2.45, 2.75) is 6.61 Å². The Bertz CT molecular complexity index is 275. The van der Waals surface area contributed by atoms with Crippen LogP contribution in [0.1, 0.15) is 5.56 Å². The van der Waals surface area contributed by atoms with Crippen LogP contribution in [-0.4, -0.2) is 10.2 Å². The number of aliphatic hydroxyl groups excluding tert-OH is 1. The van der Waals surface area contributed by atoms with Gasteiger partial charge < -0.3 is 15.9 Å². The normalized spacial score (nSPS) is 10.0. The maximum absolute atomic E-state index is 9.00. The van der Waals surface area contributed by atoms with Crippen LogP contribution in [0.2, 0.25) is 5.02 Å². The molecule has 4 heteroatoms. The second-order valence-electron chi connectivity index (χ2n) is 2.16. The Labute approximate surface area is 69.0 Å². The minimum atomic E-state index is -0.222. The van der Waals surface area contributed by atoms with Gasteiger partial charge in [0.05, 0.1) is 17.3 Å². The zero-order chi connectivity index (χ0) is 8.43. The second kappa shape index (κ2) is 2.98. The van der Waals surface area contributed by atoms with Gasteiger partial charge in [-0.05, 0) is 6.07 Å². The predicted octanol–water partition coefficient (Wildman–Crippen LogP) is 1.12. The molecule has 0 atom stereocenters. The Morgan fingerprint density at radius 2 is 2.09 bits per heavy atom. The molecule has 0 heterocycles. The van der Waals surface area contributed by atoms with E-state index < -0.39 is 0 Å². The van der Waals surface area contributed by atoms with Crippen molar-refractivity contribution in [2.24, 2.45) is 0 Å². The Morgan fingerprint density at radius 1 is 1.45 bits per heavy atom. The van der Waals surface area contributed by atoms with Gasteiger partial charge in [0.25, 0.3) is 0 Å². The molecule has 0 fully saturated rings. The lowest BCUT2D eigenvalue weighted by Crippen LogP contribution is -1.94. The Hall–Kier alpha value is -0.930. The van der Waals surface area contributed by atoms with Crippen molar-refractivity contribution >= 4 is 17.3 Å². The van der Waals surface area contributed by atoms with E-state index in [0.717, 1.165) is 0 Å². The van der Waals surface area contributed by atoms with E-state index in [0.29, 0.717) is 11.3 Å². The van der Waals surface area contributed by atoms with E-state index in [2.05, 4.69) is 0 Å². The van der Waals surface area contributed by atoms with Crippen molar-refractivity contribution in [1.29, 1.82) is 0 Å². The van der Waals surface area contributed by atoms with E-state index >= 15 is 0 Å². The first-order chi connectivity index (χ1) is 5.15. The summed E-state index contributed by atoms with van der Waals surface area (Å²) in [5.74, 6) is 0.00764. The average molecular weight is 174 g/mol. The van der Waals surface area contributed by atoms with Gasteiger partial charge in [0.1, 0.15) is 5.75 Å². The monoisotopic (exact) mass is 173 g/mol. The fourth-order valence-electron chi connectivity index (χ4n) is 0.790. The summed E-state index contributed by atoms with van der Waals surface area (Å²) in [4.78, 5) is 0. The molecular weight excluding hydrogens is 166 g/mol. The van der Waals surface area contributed by atoms with Crippen molar-refractivity contribution in [3.63, 3.8) is 0 Å². The standard InChI is InChI=1S/C7H8ClNO2/c8-6-2-5(11)1-4(3-10)7(6)9/h1-2,10-11H,3,9H2. The summed E-state index contributed by atoms with van der Waals surface area (Å²) < 4.78 is 0. The third-order valence-electron chi connectivity index (χ3n) is 1.37. The number of rotatable bonds is 1. The van der Waals surface area contributed by atoms with Crippen LogP contribution in [0.25, 0.3) is 0 Å². The minimum Gasteiger partial charge on any atom is -0.508 e. The van der Waals surface area contributed by atoms with Crippen LogP contribution in [0.3, 0.4) is 0 Å². The predicted molar refractivity (Wildman–Crippen MR) is 43.5 cm³/mol. The summed E-state index contributed by atoms with van der Waals surface area (Å²) in [6.45, 7) is -0.222. The van der Waals surface area contributed by atoms with Crippen molar-refractivity contribution in [1.82, 2.24) is 0 Å². The number of nitrogen functional groups attached to an aromatic ring is 1. The average Bonchev–Trinajstić information content (AvgIpc) is 1.96. The third-order valence-corrected chi connectivity index (χ3v) is 1.68. The lowest BCUT2D eigenvalue weighted by atomic mass is 10.2. The summed E-state index contributed by atoms with van der Waals surface area (Å²) in [5.41, 5.74) is 6.21. The fourth-order valence-corrected chi connectivity index (χ4v) is 1.02. The number of benzene rings is 1. The first-order valence-electron chi connectivity index (χ1n) is 3.03. The number of phenols is 1. The second-order valence-corrected chi connectivity index (χ2v) is 2.57. The van der Waals surface area contributed by atoms with Crippen LogP contribution < -0.4 is 5.73 Å². The molecule has 1 aromatic carbocycles. The van der Waals surface area contributed by atoms with Gasteiger partial charge in [-0.2, -0.15) is 0 Å². The lowest BCUT2D eigenvalue weighted by molar-refractivity contribution is 0.282. The van der Waals surface area contributed by atoms with Gasteiger partial charge in [-0.1, -0.05) is 11.6 Å². The SMILES string of the molecule is Nc1c(Cl)cc(O)cc1CO. The molecule has 0 aliphatic heterocycles. The van der Waals surface area contributed by atoms with Gasteiger partial charge in [0.2, 0.25) is 0 Å². The number of aliphatic hydroxyl groups is 1. The molecule has 0 bridgehead atoms. The van der Waals surface area contributed by atoms with Gasteiger partial charge >= 0.3 is 0 Å². The highest BCUT2D eigenvalue weighted by molar-refractivity contribution is 6.33. The van der Waals surface area contributed by atoms with Gasteiger partial charge in [-0.3, -0.25) is 0 Å². The maximum Gasteiger partial charge on any atom is 0.117 e. The fraction of sp³-hybridized carbons (Fsp3) is 0.143. The van der Waals surface area contributed by atoms with Crippen molar-refractivity contribution in [2.75, 3.05) is 5.73 Å². The van der Waals surface area contributed by atoms with Gasteiger partial charge in [0.15, 0.2) is 0 Å². The number of nitrogens with two attached hydrogens (primary N) is 1. The molecule has 0 saturated carbocycles. The number of anilines is 1. The molecular formula is C7H8ClNO2. The molecule has 3 nitrogen and oxygen atoms in total. The number of aromatic hydroxyl groups is 1. The minimum absolute atomic E-state index is 0.00764. The highest BCUT2D eigenvalue weighted by Gasteiger charge is 2.04. The largest absolute Gasteiger partial charge is 0.508 e. The molecule has 1 rings (SSSR count). The Balaban J connectivity index is 3.24. The van der Waals surface area contributed by atoms with Crippen molar-refractivity contribution in [3.8, 4) is 5.75 Å². The molecule has 11 heavy (non-hydrogen) atoms. The molecule has 0 aromatic heterocycles. The van der Waals surface area contributed by atoms with Crippen LogP contribution in [0.5, 0.6) is 5.75 Å². The van der Waals surface area contributed by atoms with Gasteiger partial charge in [-0.25, -0.2) is 0 Å². The molecule has 4 N–H and O–H groups in total. The first kappa shape index (κ1) is 8.17. The van der Waals surface area contributed by atoms with Gasteiger partial charge in [-0.15, -0.1) is 0 Å². The third kappa shape index (κ3) is 1.56. The number of hydrogen-bond acceptors (Lipinski definition) is 3. The van der Waals surface area contributed by atoms with E-state index in [4.69, 9.17) is 27.5 Å². The highest BCUT2D eigenvalue weighted by atomic mass is 35.5. The molecule has 0 unspecified atom stereocenters. The molecule has 0 aliphatic carbocycles. The molecule has 0 spiro atoms. The molecule has 0 aliphatic rings. The molecule has 0 saturated heterocycles. The summed E-state index contributed by atoms with van der Waals surface area (Å²) >= 11 is 5.60. The first-order valence-corrected chi connectivity index (χ1v) is 3.40. The van der Waals surface area contributed by atoms with Crippen molar-refractivity contribution < 1.29 is 10.2 Å². The summed E-state index contributed by atoms with van der Waals surface area (Å²) in [6.07, 6.45) is 0. The number of hydrogen-bond donors (Lipinski definition) is 3. The Kier molecular flexibility index (Phi) is 2.22. The van der Waals surface area contributed by atoms with Crippen LogP contribution in [0.4, 0.5) is 5.69 Å². The molecule has 0 amide bonds. The van der Waals surface area contributed by atoms with Crippen LogP contribution in [0.15, 0.2) is 12.1 Å². The van der Waals surface area contributed by atoms with Gasteiger partial charge in [0, 0.05) is 11.6 Å². The quantitative estimate of drug-likeness (QED) is 0.441. The van der Waals surface area contributed by atoms with E-state index in [1.807, 2.05) is 0 Å². The van der Waals surface area contributed by atoms with E-state index in [-0.39, 0.29) is 17.4 Å². The zero-order valence-electron chi connectivity index (χ0n) is 5.71. The summed E-state index contributed by atoms with van der Waals surface area (Å²) in [6, 6.07) is 2.71. The molecule has 60 valence electrons. The summed E-state index contributed by atoms with van der Waals surface area (Å²) in [7, 11) is 0. The lowest BCUT2D eigenvalue weighted by Gasteiger charge is -2.04. The zero-order valence-corrected chi connectivity index (χ0v) is 6.47. The molecule has 0 radical (unpaired) electrons. The van der Waals surface area contributed by atoms with Crippen LogP contribution >= 0.6 is 11.6 Å². The smallest absolute Gasteiger partial charge is 0.117 e. The topological polar surface area (TPSA) is 66.5 Å². The van der Waals surface area contributed by atoms with Crippen LogP contribution in [-0.2, 0) is 6.61 Å². The number of halogens is 1. The summed E-state index contributed by atoms with van der Waals surface area (Å²) in [5, 5.41) is 18.0. The van der Waals surface area contributed by atoms with Crippen molar-refractivity contribution in [3.05, 3.63) is 22.7 Å². The highest BCUT2D eigenvalue weighted by Crippen LogP contribution is 2.27. The maximum atomic E-state index is 9.00. The molecule has 1 aromatic rings. The Morgan fingerprint density at radius 3 is 2.64 bits per heavy atom. The van der Waals surface area contributed by atoms with E-state index in [1.165, 1.54) is 12.1 Å².